The first-order valence-corrected chi connectivity index (χ1v) is 19.7. The molecule has 0 unspecified atom stereocenters. The van der Waals surface area contributed by atoms with Crippen molar-refractivity contribution in [3.05, 3.63) is 188 Å². The summed E-state index contributed by atoms with van der Waals surface area (Å²) >= 11 is 0. The molecule has 0 spiro atoms. The molecule has 0 aliphatic rings. The molecule has 0 radical (unpaired) electrons. The van der Waals surface area contributed by atoms with Crippen LogP contribution in [0.3, 0.4) is 0 Å². The topological polar surface area (TPSA) is 44.4 Å². The molecule has 4 heteroatoms. The molecule has 58 heavy (non-hydrogen) atoms. The number of benzene rings is 9. The van der Waals surface area contributed by atoms with Crippen molar-refractivity contribution in [2.45, 2.75) is 0 Å². The first-order chi connectivity index (χ1) is 28.7. The van der Waals surface area contributed by atoms with E-state index in [4.69, 9.17) is 13.3 Å². The van der Waals surface area contributed by atoms with E-state index in [1.807, 2.05) is 36.4 Å². The van der Waals surface area contributed by atoms with Gasteiger partial charge >= 0.3 is 0 Å². The van der Waals surface area contributed by atoms with E-state index in [1.165, 1.54) is 10.8 Å². The third-order valence-electron chi connectivity index (χ3n) is 12.0. The van der Waals surface area contributed by atoms with Crippen LogP contribution in [0, 0.1) is 0 Å². The Labute approximate surface area is 331 Å². The van der Waals surface area contributed by atoms with Crippen LogP contribution in [0.15, 0.2) is 201 Å². The highest BCUT2D eigenvalue weighted by molar-refractivity contribution is 6.22. The van der Waals surface area contributed by atoms with E-state index in [1.54, 1.807) is 0 Å². The van der Waals surface area contributed by atoms with E-state index < -0.39 is 0 Å². The molecule has 0 aliphatic carbocycles. The van der Waals surface area contributed by atoms with Gasteiger partial charge in [-0.2, -0.15) is 0 Å². The molecule has 0 atom stereocenters. The standard InChI is InChI=1S/C54H31NO3/c1-4-19-47-39(10-1)42-28-24-33(30-50(42)56-47)36-13-8-17-45-52(36)53-37(34-25-29-43-40-11-2-5-20-48(40)57-51(43)31-34)14-9-18-46(53)55(45)35-26-22-32(23-27-35)38-15-7-16-44-41-12-3-6-21-49(41)58-54(38)44/h1-31H. The molecule has 0 N–H and O–H groups in total. The lowest BCUT2D eigenvalue weighted by atomic mass is 9.94. The normalized spacial score (nSPS) is 12.1. The highest BCUT2D eigenvalue weighted by Gasteiger charge is 2.21. The molecule has 0 bridgehead atoms. The van der Waals surface area contributed by atoms with Crippen LogP contribution >= 0.6 is 0 Å². The molecular formula is C54H31NO3. The molecular weight excluding hydrogens is 711 g/mol. The Kier molecular flexibility index (Phi) is 6.41. The molecule has 0 amide bonds. The summed E-state index contributed by atoms with van der Waals surface area (Å²) in [6.45, 7) is 0. The fraction of sp³-hybridized carbons (Fsp3) is 0. The van der Waals surface area contributed by atoms with Crippen molar-refractivity contribution in [1.29, 1.82) is 0 Å². The molecule has 13 aromatic rings. The van der Waals surface area contributed by atoms with Gasteiger partial charge in [-0.3, -0.25) is 0 Å². The molecule has 270 valence electrons. The molecule has 0 saturated carbocycles. The number of aromatic nitrogens is 1. The summed E-state index contributed by atoms with van der Waals surface area (Å²) < 4.78 is 21.7. The van der Waals surface area contributed by atoms with E-state index in [2.05, 4.69) is 156 Å². The van der Waals surface area contributed by atoms with E-state index in [0.29, 0.717) is 0 Å². The number of furan rings is 3. The van der Waals surface area contributed by atoms with Gasteiger partial charge in [0, 0.05) is 54.3 Å². The average molecular weight is 742 g/mol. The van der Waals surface area contributed by atoms with Crippen molar-refractivity contribution in [1.82, 2.24) is 4.57 Å². The average Bonchev–Trinajstić information content (AvgIpc) is 4.04. The maximum absolute atomic E-state index is 6.44. The SMILES string of the molecule is c1ccc2c(c1)oc1cc(-c3cccc4c3c3c(-c5ccc6c(c5)oc5ccccc56)cccc3n4-c3ccc(-c4cccc5c4oc4ccccc45)cc3)ccc12. The molecule has 0 fully saturated rings. The molecule has 0 aliphatic heterocycles. The van der Waals surface area contributed by atoms with Gasteiger partial charge < -0.3 is 17.8 Å². The van der Waals surface area contributed by atoms with Gasteiger partial charge in [0.2, 0.25) is 0 Å². The fourth-order valence-corrected chi connectivity index (χ4v) is 9.42. The van der Waals surface area contributed by atoms with Gasteiger partial charge in [0.05, 0.1) is 11.0 Å². The van der Waals surface area contributed by atoms with Crippen molar-refractivity contribution in [2.75, 3.05) is 0 Å². The summed E-state index contributed by atoms with van der Waals surface area (Å²) in [7, 11) is 0. The lowest BCUT2D eigenvalue weighted by Crippen LogP contribution is -1.94. The van der Waals surface area contributed by atoms with Gasteiger partial charge in [-0.05, 0) is 94.5 Å². The molecule has 9 aromatic carbocycles. The monoisotopic (exact) mass is 741 g/mol. The minimum absolute atomic E-state index is 0.880. The summed E-state index contributed by atoms with van der Waals surface area (Å²) in [5.74, 6) is 0. The maximum Gasteiger partial charge on any atom is 0.143 e. The molecule has 13 rings (SSSR count). The van der Waals surface area contributed by atoms with E-state index >= 15 is 0 Å². The van der Waals surface area contributed by atoms with Crippen molar-refractivity contribution < 1.29 is 13.3 Å². The van der Waals surface area contributed by atoms with Crippen LogP contribution in [-0.2, 0) is 0 Å². The summed E-state index contributed by atoms with van der Waals surface area (Å²) in [6.07, 6.45) is 0. The van der Waals surface area contributed by atoms with Crippen LogP contribution in [0.5, 0.6) is 0 Å². The maximum atomic E-state index is 6.44. The van der Waals surface area contributed by atoms with Crippen LogP contribution in [0.25, 0.3) is 127 Å². The minimum Gasteiger partial charge on any atom is -0.456 e. The minimum atomic E-state index is 0.880. The summed E-state index contributed by atoms with van der Waals surface area (Å²) in [5.41, 5.74) is 15.4. The molecule has 4 aromatic heterocycles. The zero-order valence-electron chi connectivity index (χ0n) is 31.1. The number of hydrogen-bond acceptors (Lipinski definition) is 3. The Hall–Kier alpha value is -7.82. The fourth-order valence-electron chi connectivity index (χ4n) is 9.42. The first-order valence-electron chi connectivity index (χ1n) is 19.7. The highest BCUT2D eigenvalue weighted by Crippen LogP contribution is 2.45. The number of nitrogens with zero attached hydrogens (tertiary/aromatic N) is 1. The Morgan fingerprint density at radius 1 is 0.293 bits per heavy atom. The third-order valence-corrected chi connectivity index (χ3v) is 12.0. The number of fused-ring (bicyclic) bond motifs is 12. The van der Waals surface area contributed by atoms with Gasteiger partial charge in [0.1, 0.15) is 33.5 Å². The van der Waals surface area contributed by atoms with Gasteiger partial charge in [0.15, 0.2) is 0 Å². The number of rotatable bonds is 4. The van der Waals surface area contributed by atoms with Gasteiger partial charge in [-0.15, -0.1) is 0 Å². The van der Waals surface area contributed by atoms with Gasteiger partial charge in [-0.1, -0.05) is 121 Å². The summed E-state index contributed by atoms with van der Waals surface area (Å²) in [4.78, 5) is 0. The predicted octanol–water partition coefficient (Wildman–Crippen LogP) is 15.5. The highest BCUT2D eigenvalue weighted by atomic mass is 16.3. The van der Waals surface area contributed by atoms with E-state index in [-0.39, 0.29) is 0 Å². The number of para-hydroxylation sites is 4. The lowest BCUT2D eigenvalue weighted by Gasteiger charge is -2.10. The zero-order chi connectivity index (χ0) is 37.9. The zero-order valence-corrected chi connectivity index (χ0v) is 31.1. The second-order valence-corrected chi connectivity index (χ2v) is 15.2. The van der Waals surface area contributed by atoms with E-state index in [9.17, 15) is 0 Å². The summed E-state index contributed by atoms with van der Waals surface area (Å²) in [6, 6.07) is 66.7. The van der Waals surface area contributed by atoms with Crippen LogP contribution in [-0.4, -0.2) is 4.57 Å². The molecule has 4 heterocycles. The largest absolute Gasteiger partial charge is 0.456 e. The van der Waals surface area contributed by atoms with Crippen molar-refractivity contribution in [3.8, 4) is 39.1 Å². The summed E-state index contributed by atoms with van der Waals surface area (Å²) in [5, 5.41) is 9.12. The first kappa shape index (κ1) is 31.4. The Morgan fingerprint density at radius 2 is 0.724 bits per heavy atom. The Balaban J connectivity index is 1.05. The van der Waals surface area contributed by atoms with Crippen LogP contribution < -0.4 is 0 Å². The van der Waals surface area contributed by atoms with Gasteiger partial charge in [0.25, 0.3) is 0 Å². The van der Waals surface area contributed by atoms with Crippen LogP contribution in [0.4, 0.5) is 0 Å². The molecule has 0 saturated heterocycles. The van der Waals surface area contributed by atoms with Crippen molar-refractivity contribution in [3.63, 3.8) is 0 Å². The predicted molar refractivity (Wildman–Crippen MR) is 239 cm³/mol. The Bertz CT molecular complexity index is 3630. The van der Waals surface area contributed by atoms with Crippen molar-refractivity contribution in [2.24, 2.45) is 0 Å². The van der Waals surface area contributed by atoms with Gasteiger partial charge in [-0.25, -0.2) is 0 Å². The molecule has 4 nitrogen and oxygen atoms in total. The van der Waals surface area contributed by atoms with Crippen LogP contribution in [0.1, 0.15) is 0 Å². The smallest absolute Gasteiger partial charge is 0.143 e. The lowest BCUT2D eigenvalue weighted by molar-refractivity contribution is 0.668. The van der Waals surface area contributed by atoms with E-state index in [0.717, 1.165) is 116 Å². The Morgan fingerprint density at radius 3 is 1.29 bits per heavy atom. The second-order valence-electron chi connectivity index (χ2n) is 15.2. The van der Waals surface area contributed by atoms with Crippen LogP contribution in [0.2, 0.25) is 0 Å². The quantitative estimate of drug-likeness (QED) is 0.180. The van der Waals surface area contributed by atoms with Crippen molar-refractivity contribution >= 4 is 87.6 Å². The number of hydrogen-bond donors (Lipinski definition) is 0. The second kappa shape index (κ2) is 11.8. The third kappa shape index (κ3) is 4.45.